The molecular weight excluding hydrogens is 356 g/mol. The van der Waals surface area contributed by atoms with E-state index in [0.717, 1.165) is 16.9 Å². The second-order valence-electron chi connectivity index (χ2n) is 6.25. The van der Waals surface area contributed by atoms with Gasteiger partial charge in [-0.2, -0.15) is 5.10 Å². The fourth-order valence-electron chi connectivity index (χ4n) is 2.74. The van der Waals surface area contributed by atoms with Gasteiger partial charge in [-0.25, -0.2) is 4.68 Å². The molecule has 0 fully saturated rings. The van der Waals surface area contributed by atoms with Gasteiger partial charge in [0.2, 0.25) is 5.91 Å². The summed E-state index contributed by atoms with van der Waals surface area (Å²) >= 11 is 0. The SMILES string of the molecule is COc1cccc(CNC(=O)c2ccccc2-n2cc(CNC(C)=O)cn2)c1. The molecule has 0 unspecified atom stereocenters. The van der Waals surface area contributed by atoms with Crippen LogP contribution in [0.25, 0.3) is 5.69 Å². The van der Waals surface area contributed by atoms with E-state index in [-0.39, 0.29) is 11.8 Å². The van der Waals surface area contributed by atoms with Crippen LogP contribution in [0.15, 0.2) is 60.9 Å². The van der Waals surface area contributed by atoms with E-state index >= 15 is 0 Å². The molecule has 3 rings (SSSR count). The number of hydrogen-bond acceptors (Lipinski definition) is 4. The van der Waals surface area contributed by atoms with Crippen molar-refractivity contribution in [2.45, 2.75) is 20.0 Å². The highest BCUT2D eigenvalue weighted by Gasteiger charge is 2.13. The van der Waals surface area contributed by atoms with Crippen LogP contribution in [-0.2, 0) is 17.9 Å². The number of ether oxygens (including phenoxy) is 1. The molecule has 0 atom stereocenters. The molecule has 0 radical (unpaired) electrons. The smallest absolute Gasteiger partial charge is 0.253 e. The van der Waals surface area contributed by atoms with Gasteiger partial charge in [0.05, 0.1) is 24.6 Å². The lowest BCUT2D eigenvalue weighted by atomic mass is 10.1. The number of hydrogen-bond donors (Lipinski definition) is 2. The van der Waals surface area contributed by atoms with Crippen molar-refractivity contribution < 1.29 is 14.3 Å². The maximum Gasteiger partial charge on any atom is 0.253 e. The van der Waals surface area contributed by atoms with Gasteiger partial charge >= 0.3 is 0 Å². The maximum absolute atomic E-state index is 12.7. The van der Waals surface area contributed by atoms with Gasteiger partial charge in [-0.15, -0.1) is 0 Å². The number of amides is 2. The second-order valence-corrected chi connectivity index (χ2v) is 6.25. The fourth-order valence-corrected chi connectivity index (χ4v) is 2.74. The summed E-state index contributed by atoms with van der Waals surface area (Å²) in [5.41, 5.74) is 2.97. The van der Waals surface area contributed by atoms with Crippen LogP contribution in [0.2, 0.25) is 0 Å². The van der Waals surface area contributed by atoms with Gasteiger partial charge in [0.1, 0.15) is 5.75 Å². The third-order valence-electron chi connectivity index (χ3n) is 4.16. The van der Waals surface area contributed by atoms with E-state index in [4.69, 9.17) is 4.74 Å². The third-order valence-corrected chi connectivity index (χ3v) is 4.16. The Balaban J connectivity index is 1.74. The minimum absolute atomic E-state index is 0.106. The first-order valence-electron chi connectivity index (χ1n) is 8.85. The van der Waals surface area contributed by atoms with Crippen LogP contribution < -0.4 is 15.4 Å². The Hall–Kier alpha value is -3.61. The highest BCUT2D eigenvalue weighted by atomic mass is 16.5. The topological polar surface area (TPSA) is 85.2 Å². The van der Waals surface area contributed by atoms with E-state index in [1.54, 1.807) is 30.3 Å². The van der Waals surface area contributed by atoms with Crippen LogP contribution in [0.5, 0.6) is 5.75 Å². The summed E-state index contributed by atoms with van der Waals surface area (Å²) in [5.74, 6) is 0.442. The molecule has 0 aliphatic carbocycles. The molecule has 7 heteroatoms. The lowest BCUT2D eigenvalue weighted by Gasteiger charge is -2.11. The van der Waals surface area contributed by atoms with E-state index in [2.05, 4.69) is 15.7 Å². The summed E-state index contributed by atoms with van der Waals surface area (Å²) in [6, 6.07) is 14.8. The lowest BCUT2D eigenvalue weighted by Crippen LogP contribution is -2.24. The molecule has 2 aromatic carbocycles. The Bertz CT molecular complexity index is 981. The normalized spacial score (nSPS) is 10.4. The first-order valence-corrected chi connectivity index (χ1v) is 8.85. The molecule has 7 nitrogen and oxygen atoms in total. The molecule has 0 aliphatic heterocycles. The number of para-hydroxylation sites is 1. The molecule has 0 saturated heterocycles. The quantitative estimate of drug-likeness (QED) is 0.661. The summed E-state index contributed by atoms with van der Waals surface area (Å²) in [4.78, 5) is 23.8. The number of methoxy groups -OCH3 is 1. The van der Waals surface area contributed by atoms with Crippen LogP contribution in [0.1, 0.15) is 28.4 Å². The zero-order valence-corrected chi connectivity index (χ0v) is 15.8. The Kier molecular flexibility index (Phi) is 6.06. The van der Waals surface area contributed by atoms with Gasteiger partial charge in [-0.1, -0.05) is 24.3 Å². The molecule has 0 bridgehead atoms. The van der Waals surface area contributed by atoms with E-state index in [9.17, 15) is 9.59 Å². The number of nitrogens with zero attached hydrogens (tertiary/aromatic N) is 2. The molecular formula is C21H22N4O3. The molecule has 1 aromatic heterocycles. The van der Waals surface area contributed by atoms with Crippen LogP contribution >= 0.6 is 0 Å². The summed E-state index contributed by atoms with van der Waals surface area (Å²) < 4.78 is 6.85. The Morgan fingerprint density at radius 3 is 2.61 bits per heavy atom. The largest absolute Gasteiger partial charge is 0.497 e. The lowest BCUT2D eigenvalue weighted by molar-refractivity contribution is -0.119. The van der Waals surface area contributed by atoms with Gasteiger partial charge in [0, 0.05) is 31.8 Å². The number of nitrogens with one attached hydrogen (secondary N) is 2. The summed E-state index contributed by atoms with van der Waals surface area (Å²) in [6.07, 6.45) is 3.46. The molecule has 28 heavy (non-hydrogen) atoms. The van der Waals surface area contributed by atoms with E-state index in [0.29, 0.717) is 24.3 Å². The fraction of sp³-hybridized carbons (Fsp3) is 0.190. The predicted molar refractivity (Wildman–Crippen MR) is 105 cm³/mol. The molecule has 2 amide bonds. The molecule has 0 spiro atoms. The Morgan fingerprint density at radius 1 is 1.04 bits per heavy atom. The predicted octanol–water partition coefficient (Wildman–Crippen LogP) is 2.45. The second kappa shape index (κ2) is 8.85. The molecule has 144 valence electrons. The van der Waals surface area contributed by atoms with Gasteiger partial charge in [0.15, 0.2) is 0 Å². The number of carbonyl (C=O) groups excluding carboxylic acids is 2. The summed E-state index contributed by atoms with van der Waals surface area (Å²) in [7, 11) is 1.61. The van der Waals surface area contributed by atoms with Crippen molar-refractivity contribution in [3.8, 4) is 11.4 Å². The third kappa shape index (κ3) is 4.76. The van der Waals surface area contributed by atoms with Crippen LogP contribution in [-0.4, -0.2) is 28.7 Å². The van der Waals surface area contributed by atoms with Gasteiger partial charge in [0.25, 0.3) is 5.91 Å². The van der Waals surface area contributed by atoms with Crippen molar-refractivity contribution in [3.05, 3.63) is 77.6 Å². The van der Waals surface area contributed by atoms with Crippen molar-refractivity contribution in [1.82, 2.24) is 20.4 Å². The minimum atomic E-state index is -0.197. The summed E-state index contributed by atoms with van der Waals surface area (Å²) in [5, 5.41) is 9.98. The molecule has 0 aliphatic rings. The van der Waals surface area contributed by atoms with Crippen molar-refractivity contribution in [2.24, 2.45) is 0 Å². The van der Waals surface area contributed by atoms with Crippen LogP contribution in [0.3, 0.4) is 0 Å². The molecule has 2 N–H and O–H groups in total. The highest BCUT2D eigenvalue weighted by Crippen LogP contribution is 2.16. The molecule has 3 aromatic rings. The number of benzene rings is 2. The van der Waals surface area contributed by atoms with E-state index in [1.165, 1.54) is 6.92 Å². The van der Waals surface area contributed by atoms with Crippen molar-refractivity contribution in [3.63, 3.8) is 0 Å². The maximum atomic E-state index is 12.7. The minimum Gasteiger partial charge on any atom is -0.497 e. The van der Waals surface area contributed by atoms with Crippen LogP contribution in [0.4, 0.5) is 0 Å². The number of rotatable bonds is 7. The van der Waals surface area contributed by atoms with E-state index in [1.807, 2.05) is 42.5 Å². The monoisotopic (exact) mass is 378 g/mol. The highest BCUT2D eigenvalue weighted by molar-refractivity contribution is 5.97. The van der Waals surface area contributed by atoms with E-state index < -0.39 is 0 Å². The van der Waals surface area contributed by atoms with Crippen molar-refractivity contribution in [1.29, 1.82) is 0 Å². The van der Waals surface area contributed by atoms with Gasteiger partial charge < -0.3 is 15.4 Å². The zero-order valence-electron chi connectivity index (χ0n) is 15.8. The molecule has 1 heterocycles. The van der Waals surface area contributed by atoms with Crippen LogP contribution in [0, 0.1) is 0 Å². The average molecular weight is 378 g/mol. The van der Waals surface area contributed by atoms with Gasteiger partial charge in [-0.3, -0.25) is 9.59 Å². The van der Waals surface area contributed by atoms with Crippen molar-refractivity contribution >= 4 is 11.8 Å². The first kappa shape index (κ1) is 19.2. The Labute approximate surface area is 163 Å². The Morgan fingerprint density at radius 2 is 1.82 bits per heavy atom. The number of carbonyl (C=O) groups is 2. The van der Waals surface area contributed by atoms with Gasteiger partial charge in [-0.05, 0) is 29.8 Å². The standard InChI is InChI=1S/C21H22N4O3/c1-15(26)22-12-17-13-24-25(14-17)20-9-4-3-8-19(20)21(27)23-11-16-6-5-7-18(10-16)28-2/h3-10,13-14H,11-12H2,1-2H3,(H,22,26)(H,23,27). The first-order chi connectivity index (χ1) is 13.6. The zero-order chi connectivity index (χ0) is 19.9. The molecule has 0 saturated carbocycles. The summed E-state index contributed by atoms with van der Waals surface area (Å²) in [6.45, 7) is 2.24. The number of aromatic nitrogens is 2. The average Bonchev–Trinajstić information content (AvgIpc) is 3.19. The van der Waals surface area contributed by atoms with Crippen molar-refractivity contribution in [2.75, 3.05) is 7.11 Å².